The molecule has 1 heterocycles. The van der Waals surface area contributed by atoms with Crippen LogP contribution in [0.15, 0.2) is 30.0 Å². The van der Waals surface area contributed by atoms with Crippen LogP contribution < -0.4 is 16.4 Å². The number of allylic oxidation sites excluding steroid dienone is 1. The van der Waals surface area contributed by atoms with Crippen molar-refractivity contribution in [2.45, 2.75) is 50.6 Å². The minimum Gasteiger partial charge on any atom is -0.400 e. The molecule has 2 aliphatic rings. The van der Waals surface area contributed by atoms with Crippen molar-refractivity contribution in [3.63, 3.8) is 0 Å². The number of carbonyl (C=O) groups excluding carboxylic acids is 3. The van der Waals surface area contributed by atoms with Crippen LogP contribution in [0.25, 0.3) is 0 Å². The van der Waals surface area contributed by atoms with Crippen molar-refractivity contribution in [3.05, 3.63) is 46.9 Å². The highest BCUT2D eigenvalue weighted by Gasteiger charge is 2.35. The molecule has 1 aliphatic carbocycles. The molecule has 1 aliphatic heterocycles. The van der Waals surface area contributed by atoms with E-state index >= 15 is 0 Å². The highest BCUT2D eigenvalue weighted by atomic mass is 19.1. The summed E-state index contributed by atoms with van der Waals surface area (Å²) in [5.74, 6) is -1.16. The molecule has 0 spiro atoms. The molecule has 0 aromatic heterocycles. The lowest BCUT2D eigenvalue weighted by atomic mass is 9.99. The average molecular weight is 429 g/mol. The van der Waals surface area contributed by atoms with Crippen LogP contribution in [0.3, 0.4) is 0 Å². The lowest BCUT2D eigenvalue weighted by Gasteiger charge is -2.27. The molecule has 31 heavy (non-hydrogen) atoms. The molecule has 166 valence electrons. The average Bonchev–Trinajstić information content (AvgIpc) is 3.44. The third kappa shape index (κ3) is 5.48. The van der Waals surface area contributed by atoms with Gasteiger partial charge in [0.2, 0.25) is 17.7 Å². The van der Waals surface area contributed by atoms with Gasteiger partial charge in [0, 0.05) is 25.4 Å². The van der Waals surface area contributed by atoms with E-state index < -0.39 is 18.0 Å². The molecular formula is C22H28FN5O3. The van der Waals surface area contributed by atoms with Gasteiger partial charge >= 0.3 is 0 Å². The molecule has 2 fully saturated rings. The number of hydrogen-bond acceptors (Lipinski definition) is 5. The Kier molecular flexibility index (Phi) is 7.04. The van der Waals surface area contributed by atoms with E-state index in [2.05, 4.69) is 10.6 Å². The molecule has 0 bridgehead atoms. The Hall–Kier alpha value is -3.23. The lowest BCUT2D eigenvalue weighted by Crippen LogP contribution is -2.49. The first-order chi connectivity index (χ1) is 14.8. The second-order valence-corrected chi connectivity index (χ2v) is 7.99. The Balaban J connectivity index is 1.77. The van der Waals surface area contributed by atoms with Crippen molar-refractivity contribution in [1.29, 1.82) is 5.41 Å². The summed E-state index contributed by atoms with van der Waals surface area (Å²) in [6.45, 7) is 1.56. The summed E-state index contributed by atoms with van der Waals surface area (Å²) in [6, 6.07) is 3.30. The number of hydrogen-bond donors (Lipinski definition) is 4. The molecule has 2 atom stereocenters. The fourth-order valence-electron chi connectivity index (χ4n) is 3.88. The molecule has 5 N–H and O–H groups in total. The molecule has 1 saturated heterocycles. The van der Waals surface area contributed by atoms with Gasteiger partial charge in [-0.3, -0.25) is 14.4 Å². The standard InChI is InChI=1S/C22H28FN5O3/c1-13(29)26-12-20(30)28-10-2-3-19(28)22(31)27-21(18(25)8-9-24)15-6-7-16(14-4-5-14)17(23)11-15/h6-9,11,14,19,21,24H,2-5,10,12,25H2,1H3,(H,26,29)(H,27,31)/b18-8-,24-9?/t19-,21?/m0/s1. The maximum absolute atomic E-state index is 14.6. The summed E-state index contributed by atoms with van der Waals surface area (Å²) in [7, 11) is 0. The van der Waals surface area contributed by atoms with Gasteiger partial charge in [-0.1, -0.05) is 12.1 Å². The molecule has 3 rings (SSSR count). The number of benzene rings is 1. The maximum atomic E-state index is 14.6. The van der Waals surface area contributed by atoms with Gasteiger partial charge in [0.05, 0.1) is 12.6 Å². The molecule has 3 amide bonds. The molecule has 9 heteroatoms. The van der Waals surface area contributed by atoms with E-state index in [1.54, 1.807) is 12.1 Å². The lowest BCUT2D eigenvalue weighted by molar-refractivity contribution is -0.138. The van der Waals surface area contributed by atoms with Gasteiger partial charge in [-0.25, -0.2) is 4.39 Å². The molecule has 0 radical (unpaired) electrons. The van der Waals surface area contributed by atoms with Crippen LogP contribution in [0.4, 0.5) is 4.39 Å². The number of halogens is 1. The van der Waals surface area contributed by atoms with E-state index in [0.29, 0.717) is 30.5 Å². The third-order valence-electron chi connectivity index (χ3n) is 5.64. The SMILES string of the molecule is CC(=O)NCC(=O)N1CCC[C@H]1C(=O)NC(/C(N)=C/C=N)c1ccc(C2CC2)c(F)c1. The van der Waals surface area contributed by atoms with Gasteiger partial charge in [-0.15, -0.1) is 0 Å². The van der Waals surface area contributed by atoms with E-state index in [-0.39, 0.29) is 35.8 Å². The minimum atomic E-state index is -0.829. The third-order valence-corrected chi connectivity index (χ3v) is 5.64. The molecule has 1 unspecified atom stereocenters. The zero-order valence-corrected chi connectivity index (χ0v) is 17.5. The second-order valence-electron chi connectivity index (χ2n) is 7.99. The van der Waals surface area contributed by atoms with Gasteiger partial charge in [-0.05, 0) is 54.9 Å². The Labute approximate surface area is 180 Å². The Morgan fingerprint density at radius 3 is 2.68 bits per heavy atom. The minimum absolute atomic E-state index is 0.174. The van der Waals surface area contributed by atoms with Crippen molar-refractivity contribution < 1.29 is 18.8 Å². The Morgan fingerprint density at radius 2 is 2.06 bits per heavy atom. The first kappa shape index (κ1) is 22.5. The zero-order valence-electron chi connectivity index (χ0n) is 17.5. The number of nitrogens with one attached hydrogen (secondary N) is 3. The van der Waals surface area contributed by atoms with Crippen molar-refractivity contribution >= 4 is 23.9 Å². The van der Waals surface area contributed by atoms with E-state index in [1.807, 2.05) is 0 Å². The van der Waals surface area contributed by atoms with Crippen LogP contribution >= 0.6 is 0 Å². The second kappa shape index (κ2) is 9.72. The number of amides is 3. The van der Waals surface area contributed by atoms with E-state index in [9.17, 15) is 18.8 Å². The fourth-order valence-corrected chi connectivity index (χ4v) is 3.88. The van der Waals surface area contributed by atoms with Gasteiger partial charge < -0.3 is 26.7 Å². The van der Waals surface area contributed by atoms with Crippen LogP contribution in [0, 0.1) is 11.2 Å². The fraction of sp³-hybridized carbons (Fsp3) is 0.455. The monoisotopic (exact) mass is 429 g/mol. The molecule has 1 aromatic carbocycles. The summed E-state index contributed by atoms with van der Waals surface area (Å²) in [5.41, 5.74) is 7.41. The van der Waals surface area contributed by atoms with Crippen LogP contribution in [0.1, 0.15) is 55.7 Å². The largest absolute Gasteiger partial charge is 0.400 e. The van der Waals surface area contributed by atoms with E-state index in [0.717, 1.165) is 19.1 Å². The smallest absolute Gasteiger partial charge is 0.243 e. The number of carbonyl (C=O) groups is 3. The number of rotatable bonds is 8. The first-order valence-corrected chi connectivity index (χ1v) is 10.4. The Morgan fingerprint density at radius 1 is 1.32 bits per heavy atom. The molecule has 1 aromatic rings. The summed E-state index contributed by atoms with van der Waals surface area (Å²) in [4.78, 5) is 38.0. The molecule has 8 nitrogen and oxygen atoms in total. The summed E-state index contributed by atoms with van der Waals surface area (Å²) < 4.78 is 14.6. The molecule has 1 saturated carbocycles. The summed E-state index contributed by atoms with van der Waals surface area (Å²) in [6.07, 6.45) is 5.42. The predicted molar refractivity (Wildman–Crippen MR) is 114 cm³/mol. The van der Waals surface area contributed by atoms with E-state index in [1.165, 1.54) is 24.0 Å². The van der Waals surface area contributed by atoms with Crippen LogP contribution in [-0.2, 0) is 14.4 Å². The first-order valence-electron chi connectivity index (χ1n) is 10.4. The molecular weight excluding hydrogens is 401 g/mol. The van der Waals surface area contributed by atoms with Gasteiger partial charge in [0.1, 0.15) is 11.9 Å². The maximum Gasteiger partial charge on any atom is 0.243 e. The topological polar surface area (TPSA) is 128 Å². The Bertz CT molecular complexity index is 912. The highest BCUT2D eigenvalue weighted by Crippen LogP contribution is 2.41. The quantitative estimate of drug-likeness (QED) is 0.467. The zero-order chi connectivity index (χ0) is 22.5. The predicted octanol–water partition coefficient (Wildman–Crippen LogP) is 1.48. The van der Waals surface area contributed by atoms with Crippen molar-refractivity contribution in [2.24, 2.45) is 5.73 Å². The van der Waals surface area contributed by atoms with Gasteiger partial charge in [0.25, 0.3) is 0 Å². The normalized spacial score (nSPS) is 19.6. The van der Waals surface area contributed by atoms with Crippen LogP contribution in [0.5, 0.6) is 0 Å². The van der Waals surface area contributed by atoms with Crippen molar-refractivity contribution in [1.82, 2.24) is 15.5 Å². The van der Waals surface area contributed by atoms with Crippen LogP contribution in [-0.4, -0.2) is 48.0 Å². The summed E-state index contributed by atoms with van der Waals surface area (Å²) >= 11 is 0. The highest BCUT2D eigenvalue weighted by molar-refractivity contribution is 5.90. The number of nitrogens with zero attached hydrogens (tertiary/aromatic N) is 1. The van der Waals surface area contributed by atoms with Gasteiger partial charge in [-0.2, -0.15) is 0 Å². The van der Waals surface area contributed by atoms with Crippen LogP contribution in [0.2, 0.25) is 0 Å². The van der Waals surface area contributed by atoms with Crippen molar-refractivity contribution in [3.8, 4) is 0 Å². The number of likely N-dealkylation sites (tertiary alicyclic amines) is 1. The van der Waals surface area contributed by atoms with Crippen molar-refractivity contribution in [2.75, 3.05) is 13.1 Å². The summed E-state index contributed by atoms with van der Waals surface area (Å²) in [5, 5.41) is 12.6. The van der Waals surface area contributed by atoms with Gasteiger partial charge in [0.15, 0.2) is 0 Å². The van der Waals surface area contributed by atoms with E-state index in [4.69, 9.17) is 11.1 Å². The number of nitrogens with two attached hydrogens (primary N) is 1.